The minimum absolute atomic E-state index is 0. The number of phenols is 1. The van der Waals surface area contributed by atoms with Crippen LogP contribution in [0, 0.1) is 0 Å². The summed E-state index contributed by atoms with van der Waals surface area (Å²) in [6, 6.07) is 6.56. The van der Waals surface area contributed by atoms with Crippen LogP contribution in [-0.2, 0) is 0 Å². The van der Waals surface area contributed by atoms with E-state index >= 15 is 0 Å². The molecule has 2 N–H and O–H groups in total. The Morgan fingerprint density at radius 1 is 1.40 bits per heavy atom. The lowest BCUT2D eigenvalue weighted by Gasteiger charge is -2.28. The van der Waals surface area contributed by atoms with E-state index in [-0.39, 0.29) is 28.6 Å². The van der Waals surface area contributed by atoms with Crippen LogP contribution in [0.3, 0.4) is 0 Å². The molecule has 1 amide bonds. The molecule has 0 saturated heterocycles. The number of benzene rings is 1. The highest BCUT2D eigenvalue weighted by molar-refractivity contribution is 5.96. The molecule has 0 radical (unpaired) electrons. The minimum Gasteiger partial charge on any atom is -1.00 e. The van der Waals surface area contributed by atoms with E-state index in [0.717, 1.165) is 24.0 Å². The van der Waals surface area contributed by atoms with Crippen LogP contribution >= 0.6 is 0 Å². The Morgan fingerprint density at radius 2 is 2.05 bits per heavy atom. The van der Waals surface area contributed by atoms with Crippen LogP contribution < -0.4 is 22.3 Å². The number of phenolic OH excluding ortho intramolecular Hbond substituents is 1. The molecule has 5 heteroatoms. The number of carbonyl (C=O) groups is 1. The zero-order valence-electron chi connectivity index (χ0n) is 12.1. The van der Waals surface area contributed by atoms with Crippen molar-refractivity contribution < 1.29 is 31.4 Å². The van der Waals surface area contributed by atoms with Crippen molar-refractivity contribution >= 4 is 5.91 Å². The first kappa shape index (κ1) is 18.7. The number of likely N-dealkylation sites (N-methyl/N-ethyl adjacent to an activating group) is 1. The first-order chi connectivity index (χ1) is 8.96. The largest absolute Gasteiger partial charge is 1.00 e. The number of aromatic hydroxyl groups is 1. The van der Waals surface area contributed by atoms with Gasteiger partial charge in [0.25, 0.3) is 5.91 Å². The third-order valence-electron chi connectivity index (χ3n) is 3.00. The van der Waals surface area contributed by atoms with E-state index in [2.05, 4.69) is 26.0 Å². The van der Waals surface area contributed by atoms with Crippen LogP contribution in [0.4, 0.5) is 0 Å². The summed E-state index contributed by atoms with van der Waals surface area (Å²) in [6.45, 7) is 6.22. The number of halogens is 1. The van der Waals surface area contributed by atoms with E-state index in [9.17, 15) is 9.90 Å². The van der Waals surface area contributed by atoms with Gasteiger partial charge in [0.1, 0.15) is 5.75 Å². The summed E-state index contributed by atoms with van der Waals surface area (Å²) in [6.07, 6.45) is 2.79. The summed E-state index contributed by atoms with van der Waals surface area (Å²) in [7, 11) is 4.26. The van der Waals surface area contributed by atoms with E-state index in [1.54, 1.807) is 18.2 Å². The standard InChI is InChI=1S/C15H22N2O2.BrH/c1-4-11-17(2,3)12-7-10-16-15(19)13-8-5-6-9-14(13)18;/h4-6,8-9H,1,7,10-12H2,2-3H3,(H-,16,18,19);1H. The Labute approximate surface area is 131 Å². The average Bonchev–Trinajstić information content (AvgIpc) is 2.35. The van der Waals surface area contributed by atoms with E-state index in [0.29, 0.717) is 12.1 Å². The number of nitrogens with one attached hydrogen (secondary N) is 1. The lowest BCUT2D eigenvalue weighted by molar-refractivity contribution is -0.884. The molecule has 0 unspecified atom stereocenters. The maximum Gasteiger partial charge on any atom is 0.255 e. The molecule has 0 fully saturated rings. The number of carbonyl (C=O) groups excluding carboxylic acids is 1. The van der Waals surface area contributed by atoms with E-state index < -0.39 is 0 Å². The Kier molecular flexibility index (Phi) is 8.18. The first-order valence-electron chi connectivity index (χ1n) is 6.45. The highest BCUT2D eigenvalue weighted by Gasteiger charge is 2.13. The van der Waals surface area contributed by atoms with Gasteiger partial charge in [-0.05, 0) is 18.2 Å². The number of hydrogen-bond acceptors (Lipinski definition) is 2. The highest BCUT2D eigenvalue weighted by atomic mass is 79.9. The minimum atomic E-state index is -0.230. The molecule has 0 spiro atoms. The Bertz CT molecular complexity index is 447. The molecule has 112 valence electrons. The van der Waals surface area contributed by atoms with Crippen LogP contribution in [0.1, 0.15) is 16.8 Å². The van der Waals surface area contributed by atoms with Gasteiger partial charge in [0.2, 0.25) is 0 Å². The predicted octanol–water partition coefficient (Wildman–Crippen LogP) is -1.22. The van der Waals surface area contributed by atoms with Crippen molar-refractivity contribution in [3.8, 4) is 5.75 Å². The Hall–Kier alpha value is -1.33. The number of hydrogen-bond donors (Lipinski definition) is 2. The third kappa shape index (κ3) is 6.21. The number of rotatable bonds is 7. The number of para-hydroxylation sites is 1. The molecule has 0 saturated carbocycles. The van der Waals surface area contributed by atoms with E-state index in [4.69, 9.17) is 0 Å². The van der Waals surface area contributed by atoms with Gasteiger partial charge in [-0.3, -0.25) is 4.79 Å². The molecule has 0 aliphatic heterocycles. The van der Waals surface area contributed by atoms with Gasteiger partial charge in [-0.25, -0.2) is 0 Å². The number of nitrogens with zero attached hydrogens (tertiary/aromatic N) is 1. The normalized spacial score (nSPS) is 10.5. The molecule has 0 aliphatic carbocycles. The van der Waals surface area contributed by atoms with Gasteiger partial charge < -0.3 is 31.9 Å². The third-order valence-corrected chi connectivity index (χ3v) is 3.00. The Morgan fingerprint density at radius 3 is 2.65 bits per heavy atom. The van der Waals surface area contributed by atoms with Crippen molar-refractivity contribution in [1.82, 2.24) is 5.32 Å². The van der Waals surface area contributed by atoms with Gasteiger partial charge in [0, 0.05) is 13.0 Å². The van der Waals surface area contributed by atoms with Crippen molar-refractivity contribution in [2.45, 2.75) is 6.42 Å². The quantitative estimate of drug-likeness (QED) is 0.370. The van der Waals surface area contributed by atoms with Gasteiger partial charge in [-0.15, -0.1) is 0 Å². The fourth-order valence-corrected chi connectivity index (χ4v) is 1.91. The van der Waals surface area contributed by atoms with Crippen LogP contribution in [0.15, 0.2) is 36.9 Å². The van der Waals surface area contributed by atoms with Crippen molar-refractivity contribution in [1.29, 1.82) is 0 Å². The summed E-state index contributed by atoms with van der Waals surface area (Å²) < 4.78 is 0.857. The van der Waals surface area contributed by atoms with Crippen LogP contribution in [0.5, 0.6) is 5.75 Å². The summed E-state index contributed by atoms with van der Waals surface area (Å²) in [4.78, 5) is 11.8. The molecule has 1 aromatic carbocycles. The first-order valence-corrected chi connectivity index (χ1v) is 6.45. The summed E-state index contributed by atoms with van der Waals surface area (Å²) in [5.41, 5.74) is 0.322. The van der Waals surface area contributed by atoms with Crippen molar-refractivity contribution in [2.75, 3.05) is 33.7 Å². The topological polar surface area (TPSA) is 49.3 Å². The van der Waals surface area contributed by atoms with Crippen molar-refractivity contribution in [3.63, 3.8) is 0 Å². The molecule has 20 heavy (non-hydrogen) atoms. The molecule has 1 rings (SSSR count). The van der Waals surface area contributed by atoms with Crippen molar-refractivity contribution in [3.05, 3.63) is 42.5 Å². The molecule has 4 nitrogen and oxygen atoms in total. The predicted molar refractivity (Wildman–Crippen MR) is 77.1 cm³/mol. The second-order valence-electron chi connectivity index (χ2n) is 5.26. The maximum atomic E-state index is 11.8. The monoisotopic (exact) mass is 342 g/mol. The molecular weight excluding hydrogens is 320 g/mol. The fraction of sp³-hybridized carbons (Fsp3) is 0.400. The van der Waals surface area contributed by atoms with E-state index in [1.165, 1.54) is 6.07 Å². The van der Waals surface area contributed by atoms with Gasteiger partial charge in [0.05, 0.1) is 32.7 Å². The summed E-state index contributed by atoms with van der Waals surface area (Å²) >= 11 is 0. The zero-order chi connectivity index (χ0) is 14.3. The molecule has 0 aliphatic rings. The summed E-state index contributed by atoms with van der Waals surface area (Å²) in [5.74, 6) is -0.213. The van der Waals surface area contributed by atoms with Crippen LogP contribution in [0.2, 0.25) is 0 Å². The molecular formula is C15H23BrN2O2. The summed E-state index contributed by atoms with van der Waals surface area (Å²) in [5, 5.41) is 12.4. The highest BCUT2D eigenvalue weighted by Crippen LogP contribution is 2.14. The lowest BCUT2D eigenvalue weighted by Crippen LogP contribution is -3.00. The lowest BCUT2D eigenvalue weighted by atomic mass is 10.2. The van der Waals surface area contributed by atoms with Gasteiger partial charge in [-0.1, -0.05) is 18.7 Å². The number of quaternary nitrogens is 1. The molecule has 0 aromatic heterocycles. The van der Waals surface area contributed by atoms with Gasteiger partial charge in [0.15, 0.2) is 0 Å². The number of amides is 1. The molecule has 0 atom stereocenters. The molecule has 1 aromatic rings. The zero-order valence-corrected chi connectivity index (χ0v) is 13.7. The smallest absolute Gasteiger partial charge is 0.255 e. The second kappa shape index (κ2) is 8.76. The fourth-order valence-electron chi connectivity index (χ4n) is 1.91. The Balaban J connectivity index is 0.00000361. The average molecular weight is 343 g/mol. The van der Waals surface area contributed by atoms with Crippen LogP contribution in [-0.4, -0.2) is 49.2 Å². The van der Waals surface area contributed by atoms with Crippen LogP contribution in [0.25, 0.3) is 0 Å². The SMILES string of the molecule is C=CC[N+](C)(C)CCCNC(=O)c1ccccc1O.[Br-]. The molecule has 0 heterocycles. The van der Waals surface area contributed by atoms with Gasteiger partial charge in [-0.2, -0.15) is 0 Å². The van der Waals surface area contributed by atoms with Gasteiger partial charge >= 0.3 is 0 Å². The van der Waals surface area contributed by atoms with Crippen molar-refractivity contribution in [2.24, 2.45) is 0 Å². The molecule has 0 bridgehead atoms. The second-order valence-corrected chi connectivity index (χ2v) is 5.26. The maximum absolute atomic E-state index is 11.8. The van der Waals surface area contributed by atoms with E-state index in [1.807, 2.05) is 6.08 Å².